The van der Waals surface area contributed by atoms with Crippen LogP contribution in [0.5, 0.6) is 11.5 Å². The fourth-order valence-electron chi connectivity index (χ4n) is 3.18. The van der Waals surface area contributed by atoms with Crippen molar-refractivity contribution in [2.75, 3.05) is 13.7 Å². The summed E-state index contributed by atoms with van der Waals surface area (Å²) < 4.78 is 11.4. The normalized spacial score (nSPS) is 10.9. The predicted molar refractivity (Wildman–Crippen MR) is 116 cm³/mol. The number of ether oxygens (including phenoxy) is 2. The number of nitrogens with one attached hydrogen (secondary N) is 1. The van der Waals surface area contributed by atoms with E-state index in [1.54, 1.807) is 41.5 Å². The smallest absolute Gasteiger partial charge is 0.254 e. The molecule has 0 bridgehead atoms. The topological polar surface area (TPSA) is 80.3 Å². The summed E-state index contributed by atoms with van der Waals surface area (Å²) in [5, 5.41) is 12.7. The molecule has 0 radical (unpaired) electrons. The highest BCUT2D eigenvalue weighted by Crippen LogP contribution is 2.30. The number of rotatable bonds is 8. The number of benzene rings is 2. The van der Waals surface area contributed by atoms with Crippen LogP contribution in [0.3, 0.4) is 0 Å². The molecular weight excluding hydrogens is 400 g/mol. The summed E-state index contributed by atoms with van der Waals surface area (Å²) >= 11 is 1.65. The molecule has 0 spiro atoms. The Kier molecular flexibility index (Phi) is 5.94. The Morgan fingerprint density at radius 1 is 1.10 bits per heavy atom. The first-order valence-electron chi connectivity index (χ1n) is 9.60. The molecule has 1 amide bonds. The van der Waals surface area contributed by atoms with Gasteiger partial charge in [-0.25, -0.2) is 0 Å². The largest absolute Gasteiger partial charge is 0.493 e. The molecular formula is C22H22N4O3S. The first-order chi connectivity index (χ1) is 14.7. The molecule has 0 atom stereocenters. The van der Waals surface area contributed by atoms with E-state index in [-0.39, 0.29) is 5.91 Å². The van der Waals surface area contributed by atoms with Gasteiger partial charge in [-0.2, -0.15) is 15.4 Å². The number of aromatic nitrogens is 3. The molecule has 2 aromatic carbocycles. The van der Waals surface area contributed by atoms with E-state index in [0.29, 0.717) is 42.3 Å². The van der Waals surface area contributed by atoms with Gasteiger partial charge in [0.2, 0.25) is 0 Å². The number of thiophene rings is 1. The zero-order valence-electron chi connectivity index (χ0n) is 16.8. The van der Waals surface area contributed by atoms with Crippen LogP contribution in [0.15, 0.2) is 53.9 Å². The van der Waals surface area contributed by atoms with Crippen LogP contribution in [0.25, 0.3) is 11.0 Å². The van der Waals surface area contributed by atoms with Gasteiger partial charge in [-0.15, -0.1) is 11.3 Å². The lowest BCUT2D eigenvalue weighted by Gasteiger charge is -2.22. The Bertz CT molecular complexity index is 1140. The van der Waals surface area contributed by atoms with Gasteiger partial charge in [0, 0.05) is 23.5 Å². The zero-order chi connectivity index (χ0) is 20.9. The van der Waals surface area contributed by atoms with Gasteiger partial charge in [0.05, 0.1) is 7.11 Å². The van der Waals surface area contributed by atoms with E-state index in [0.717, 1.165) is 16.0 Å². The molecule has 2 heterocycles. The number of methoxy groups -OCH3 is 1. The Morgan fingerprint density at radius 3 is 2.73 bits per heavy atom. The van der Waals surface area contributed by atoms with Crippen LogP contribution in [-0.2, 0) is 13.2 Å². The quantitative estimate of drug-likeness (QED) is 0.459. The van der Waals surface area contributed by atoms with Crippen molar-refractivity contribution < 1.29 is 14.3 Å². The molecule has 0 aliphatic rings. The molecule has 4 aromatic rings. The molecule has 0 aliphatic carbocycles. The predicted octanol–water partition coefficient (Wildman–Crippen LogP) is 4.27. The molecule has 0 unspecified atom stereocenters. The number of carbonyl (C=O) groups is 1. The van der Waals surface area contributed by atoms with Crippen LogP contribution >= 0.6 is 11.3 Å². The fourth-order valence-corrected chi connectivity index (χ4v) is 3.79. The number of aromatic amines is 1. The van der Waals surface area contributed by atoms with Crippen molar-refractivity contribution in [1.82, 2.24) is 20.3 Å². The number of amides is 1. The first-order valence-corrected chi connectivity index (χ1v) is 10.5. The van der Waals surface area contributed by atoms with Crippen molar-refractivity contribution >= 4 is 28.3 Å². The number of nitrogens with zero attached hydrogens (tertiary/aromatic N) is 3. The molecule has 8 heteroatoms. The lowest BCUT2D eigenvalue weighted by Crippen LogP contribution is -2.30. The minimum atomic E-state index is -0.0561. The number of hydrogen-bond acceptors (Lipinski definition) is 6. The standard InChI is InChI=1S/C22H22N4O3S/c1-3-26(22(27)16-7-8-18-19(12-16)24-25-23-18)13-15-6-9-20(21(11-15)28-2)29-14-17-5-4-10-30-17/h4-12H,3,13-14H2,1-2H3,(H,23,24,25). The molecule has 4 rings (SSSR count). The number of H-pyrrole nitrogens is 1. The van der Waals surface area contributed by atoms with Gasteiger partial charge in [-0.3, -0.25) is 4.79 Å². The molecule has 2 aromatic heterocycles. The van der Waals surface area contributed by atoms with E-state index in [4.69, 9.17) is 9.47 Å². The van der Waals surface area contributed by atoms with Crippen LogP contribution in [0.1, 0.15) is 27.7 Å². The lowest BCUT2D eigenvalue weighted by molar-refractivity contribution is 0.0752. The molecule has 0 saturated carbocycles. The molecule has 30 heavy (non-hydrogen) atoms. The van der Waals surface area contributed by atoms with Gasteiger partial charge in [-0.1, -0.05) is 12.1 Å². The van der Waals surface area contributed by atoms with Crippen molar-refractivity contribution in [3.63, 3.8) is 0 Å². The van der Waals surface area contributed by atoms with Crippen molar-refractivity contribution in [2.24, 2.45) is 0 Å². The zero-order valence-corrected chi connectivity index (χ0v) is 17.6. The number of hydrogen-bond donors (Lipinski definition) is 1. The molecule has 7 nitrogen and oxygen atoms in total. The molecule has 154 valence electrons. The van der Waals surface area contributed by atoms with Crippen molar-refractivity contribution in [3.05, 3.63) is 69.9 Å². The molecule has 1 N–H and O–H groups in total. The Balaban J connectivity index is 1.48. The maximum absolute atomic E-state index is 13.0. The van der Waals surface area contributed by atoms with Gasteiger partial charge >= 0.3 is 0 Å². The third-order valence-corrected chi connectivity index (χ3v) is 5.63. The minimum Gasteiger partial charge on any atom is -0.493 e. The second-order valence-electron chi connectivity index (χ2n) is 6.70. The van der Waals surface area contributed by atoms with E-state index in [2.05, 4.69) is 15.4 Å². The first kappa shape index (κ1) is 19.9. The summed E-state index contributed by atoms with van der Waals surface area (Å²) in [6, 6.07) is 15.1. The summed E-state index contributed by atoms with van der Waals surface area (Å²) in [7, 11) is 1.62. The number of carbonyl (C=O) groups excluding carboxylic acids is 1. The van der Waals surface area contributed by atoms with Crippen molar-refractivity contribution in [1.29, 1.82) is 0 Å². The van der Waals surface area contributed by atoms with Gasteiger partial charge < -0.3 is 14.4 Å². The summed E-state index contributed by atoms with van der Waals surface area (Å²) in [4.78, 5) is 15.9. The fraction of sp³-hybridized carbons (Fsp3) is 0.227. The average Bonchev–Trinajstić information content (AvgIpc) is 3.47. The van der Waals surface area contributed by atoms with Crippen LogP contribution in [0, 0.1) is 0 Å². The molecule has 0 aliphatic heterocycles. The van der Waals surface area contributed by atoms with Crippen molar-refractivity contribution in [2.45, 2.75) is 20.1 Å². The SMILES string of the molecule is CCN(Cc1ccc(OCc2cccs2)c(OC)c1)C(=O)c1ccc2n[nH]nc2c1. The van der Waals surface area contributed by atoms with Gasteiger partial charge in [-0.05, 0) is 54.3 Å². The Labute approximate surface area is 178 Å². The van der Waals surface area contributed by atoms with Crippen LogP contribution in [-0.4, -0.2) is 39.9 Å². The van der Waals surface area contributed by atoms with E-state index >= 15 is 0 Å². The summed E-state index contributed by atoms with van der Waals surface area (Å²) in [6.07, 6.45) is 0. The average molecular weight is 423 g/mol. The Hall–Kier alpha value is -3.39. The Morgan fingerprint density at radius 2 is 1.97 bits per heavy atom. The van der Waals surface area contributed by atoms with Crippen LogP contribution < -0.4 is 9.47 Å². The molecule has 0 fully saturated rings. The number of fused-ring (bicyclic) bond motifs is 1. The maximum Gasteiger partial charge on any atom is 0.254 e. The third kappa shape index (κ3) is 4.28. The van der Waals surface area contributed by atoms with Gasteiger partial charge in [0.15, 0.2) is 11.5 Å². The van der Waals surface area contributed by atoms with Crippen molar-refractivity contribution in [3.8, 4) is 11.5 Å². The van der Waals surface area contributed by atoms with E-state index < -0.39 is 0 Å². The second kappa shape index (κ2) is 8.96. The minimum absolute atomic E-state index is 0.0561. The highest BCUT2D eigenvalue weighted by molar-refractivity contribution is 7.09. The van der Waals surface area contributed by atoms with Crippen LogP contribution in [0.4, 0.5) is 0 Å². The van der Waals surface area contributed by atoms with E-state index in [9.17, 15) is 4.79 Å². The van der Waals surface area contributed by atoms with Gasteiger partial charge in [0.25, 0.3) is 5.91 Å². The lowest BCUT2D eigenvalue weighted by atomic mass is 10.1. The molecule has 0 saturated heterocycles. The second-order valence-corrected chi connectivity index (χ2v) is 7.73. The summed E-state index contributed by atoms with van der Waals surface area (Å²) in [5.41, 5.74) is 2.96. The van der Waals surface area contributed by atoms with E-state index in [1.165, 1.54) is 0 Å². The summed E-state index contributed by atoms with van der Waals surface area (Å²) in [5.74, 6) is 1.27. The van der Waals surface area contributed by atoms with Crippen LogP contribution in [0.2, 0.25) is 0 Å². The summed E-state index contributed by atoms with van der Waals surface area (Å²) in [6.45, 7) is 3.50. The highest BCUT2D eigenvalue weighted by Gasteiger charge is 2.17. The van der Waals surface area contributed by atoms with Gasteiger partial charge in [0.1, 0.15) is 17.6 Å². The third-order valence-electron chi connectivity index (χ3n) is 4.78. The highest BCUT2D eigenvalue weighted by atomic mass is 32.1. The monoisotopic (exact) mass is 422 g/mol. The maximum atomic E-state index is 13.0. The van der Waals surface area contributed by atoms with E-state index in [1.807, 2.05) is 42.6 Å².